The summed E-state index contributed by atoms with van der Waals surface area (Å²) in [5, 5.41) is 1.18. The zero-order valence-electron chi connectivity index (χ0n) is 6.60. The Morgan fingerprint density at radius 3 is 3.00 bits per heavy atom. The van der Waals surface area contributed by atoms with Gasteiger partial charge in [-0.15, -0.1) is 0 Å². The van der Waals surface area contributed by atoms with Crippen LogP contribution in [-0.2, 0) is 0 Å². The van der Waals surface area contributed by atoms with Crippen LogP contribution in [-0.4, -0.2) is 12.1 Å². The van der Waals surface area contributed by atoms with Gasteiger partial charge in [-0.3, -0.25) is 0 Å². The fourth-order valence-corrected chi connectivity index (χ4v) is 1.79. The Balaban J connectivity index is 2.75. The van der Waals surface area contributed by atoms with E-state index in [4.69, 9.17) is 4.74 Å². The van der Waals surface area contributed by atoms with Crippen LogP contribution in [0.25, 0.3) is 10.9 Å². The number of fused-ring (bicyclic) bond motifs is 1. The third-order valence-corrected chi connectivity index (χ3v) is 2.48. The smallest absolute Gasteiger partial charge is 0.122 e. The molecule has 1 aromatic heterocycles. The first-order valence-electron chi connectivity index (χ1n) is 3.62. The number of nitrogens with one attached hydrogen (secondary N) is 1. The second kappa shape index (κ2) is 2.83. The maximum Gasteiger partial charge on any atom is 0.122 e. The summed E-state index contributed by atoms with van der Waals surface area (Å²) in [6.07, 6.45) is 1.91. The van der Waals surface area contributed by atoms with E-state index >= 15 is 0 Å². The SMILES string of the molecule is COc1cc(Br)c2cc[nH]c2c1. The number of rotatable bonds is 1. The molecule has 0 bridgehead atoms. The Morgan fingerprint density at radius 1 is 1.42 bits per heavy atom. The average Bonchev–Trinajstić information content (AvgIpc) is 2.52. The van der Waals surface area contributed by atoms with Gasteiger partial charge in [0.05, 0.1) is 12.6 Å². The molecule has 0 saturated carbocycles. The van der Waals surface area contributed by atoms with Crippen molar-refractivity contribution in [3.63, 3.8) is 0 Å². The summed E-state index contributed by atoms with van der Waals surface area (Å²) in [6, 6.07) is 5.95. The lowest BCUT2D eigenvalue weighted by atomic mass is 10.2. The first-order valence-corrected chi connectivity index (χ1v) is 4.41. The molecule has 1 heterocycles. The minimum absolute atomic E-state index is 0.858. The molecule has 12 heavy (non-hydrogen) atoms. The van der Waals surface area contributed by atoms with Gasteiger partial charge < -0.3 is 9.72 Å². The molecule has 1 aromatic carbocycles. The van der Waals surface area contributed by atoms with Crippen LogP contribution in [0.1, 0.15) is 0 Å². The molecule has 0 fully saturated rings. The zero-order chi connectivity index (χ0) is 8.55. The molecule has 0 saturated heterocycles. The molecule has 2 aromatic rings. The van der Waals surface area contributed by atoms with E-state index in [2.05, 4.69) is 20.9 Å². The summed E-state index contributed by atoms with van der Waals surface area (Å²) in [4.78, 5) is 3.13. The quantitative estimate of drug-likeness (QED) is 0.794. The normalized spacial score (nSPS) is 10.5. The maximum absolute atomic E-state index is 5.12. The molecule has 0 amide bonds. The first-order chi connectivity index (χ1) is 5.81. The summed E-state index contributed by atoms with van der Waals surface area (Å²) in [7, 11) is 1.66. The van der Waals surface area contributed by atoms with Gasteiger partial charge in [0.2, 0.25) is 0 Å². The topological polar surface area (TPSA) is 25.0 Å². The van der Waals surface area contributed by atoms with Gasteiger partial charge in [0.1, 0.15) is 5.75 Å². The van der Waals surface area contributed by atoms with E-state index in [9.17, 15) is 0 Å². The molecule has 3 heteroatoms. The molecule has 0 aliphatic rings. The van der Waals surface area contributed by atoms with E-state index in [1.165, 1.54) is 5.39 Å². The molecule has 0 spiro atoms. The van der Waals surface area contributed by atoms with Crippen LogP contribution in [0, 0.1) is 0 Å². The second-order valence-electron chi connectivity index (χ2n) is 2.55. The standard InChI is InChI=1S/C9H8BrNO/c1-12-6-4-8(10)7-2-3-11-9(7)5-6/h2-5,11H,1H3. The number of benzene rings is 1. The Labute approximate surface area is 78.7 Å². The summed E-state index contributed by atoms with van der Waals surface area (Å²) >= 11 is 3.47. The Hall–Kier alpha value is -0.960. The van der Waals surface area contributed by atoms with Crippen LogP contribution in [0.3, 0.4) is 0 Å². The Morgan fingerprint density at radius 2 is 2.25 bits per heavy atom. The van der Waals surface area contributed by atoms with E-state index in [0.29, 0.717) is 0 Å². The molecule has 0 aliphatic carbocycles. The average molecular weight is 226 g/mol. The van der Waals surface area contributed by atoms with Crippen LogP contribution in [0.5, 0.6) is 5.75 Å². The van der Waals surface area contributed by atoms with E-state index in [1.54, 1.807) is 7.11 Å². The van der Waals surface area contributed by atoms with Crippen molar-refractivity contribution in [2.45, 2.75) is 0 Å². The Kier molecular flexibility index (Phi) is 1.81. The van der Waals surface area contributed by atoms with Crippen LogP contribution in [0.4, 0.5) is 0 Å². The van der Waals surface area contributed by atoms with Crippen molar-refractivity contribution in [3.05, 3.63) is 28.9 Å². The summed E-state index contributed by atoms with van der Waals surface area (Å²) in [5.41, 5.74) is 1.08. The maximum atomic E-state index is 5.12. The van der Waals surface area contributed by atoms with Gasteiger partial charge in [-0.1, -0.05) is 0 Å². The van der Waals surface area contributed by atoms with E-state index in [0.717, 1.165) is 15.7 Å². The van der Waals surface area contributed by atoms with Gasteiger partial charge in [0.15, 0.2) is 0 Å². The number of methoxy groups -OCH3 is 1. The largest absolute Gasteiger partial charge is 0.497 e. The summed E-state index contributed by atoms with van der Waals surface area (Å²) < 4.78 is 6.18. The number of aromatic amines is 1. The highest BCUT2D eigenvalue weighted by Crippen LogP contribution is 2.28. The molecule has 0 atom stereocenters. The molecule has 0 radical (unpaired) electrons. The lowest BCUT2D eigenvalue weighted by molar-refractivity contribution is 0.415. The first kappa shape index (κ1) is 7.68. The lowest BCUT2D eigenvalue weighted by Crippen LogP contribution is -1.82. The second-order valence-corrected chi connectivity index (χ2v) is 3.40. The predicted molar refractivity (Wildman–Crippen MR) is 52.6 cm³/mol. The van der Waals surface area contributed by atoms with Crippen molar-refractivity contribution in [2.75, 3.05) is 7.11 Å². The van der Waals surface area contributed by atoms with Crippen molar-refractivity contribution < 1.29 is 4.74 Å². The molecule has 2 rings (SSSR count). The van der Waals surface area contributed by atoms with E-state index < -0.39 is 0 Å². The van der Waals surface area contributed by atoms with Gasteiger partial charge in [-0.05, 0) is 28.1 Å². The van der Waals surface area contributed by atoms with Crippen molar-refractivity contribution >= 4 is 26.8 Å². The number of H-pyrrole nitrogens is 1. The molecule has 2 nitrogen and oxygen atoms in total. The van der Waals surface area contributed by atoms with E-state index in [1.807, 2.05) is 24.4 Å². The van der Waals surface area contributed by atoms with Gasteiger partial charge in [0, 0.05) is 22.1 Å². The molecule has 62 valence electrons. The minimum atomic E-state index is 0.858. The molecule has 0 aliphatic heterocycles. The molecule has 0 unspecified atom stereocenters. The number of hydrogen-bond donors (Lipinski definition) is 1. The van der Waals surface area contributed by atoms with E-state index in [-0.39, 0.29) is 0 Å². The van der Waals surface area contributed by atoms with Gasteiger partial charge in [-0.25, -0.2) is 0 Å². The molecule has 1 N–H and O–H groups in total. The monoisotopic (exact) mass is 225 g/mol. The highest BCUT2D eigenvalue weighted by Gasteiger charge is 2.01. The highest BCUT2D eigenvalue weighted by atomic mass is 79.9. The van der Waals surface area contributed by atoms with Crippen LogP contribution >= 0.6 is 15.9 Å². The molecular weight excluding hydrogens is 218 g/mol. The van der Waals surface area contributed by atoms with Crippen molar-refractivity contribution in [1.29, 1.82) is 0 Å². The minimum Gasteiger partial charge on any atom is -0.497 e. The van der Waals surface area contributed by atoms with Gasteiger partial charge in [-0.2, -0.15) is 0 Å². The lowest BCUT2D eigenvalue weighted by Gasteiger charge is -2.00. The van der Waals surface area contributed by atoms with Gasteiger partial charge >= 0.3 is 0 Å². The number of ether oxygens (including phenoxy) is 1. The van der Waals surface area contributed by atoms with Crippen LogP contribution in [0.2, 0.25) is 0 Å². The van der Waals surface area contributed by atoms with Crippen LogP contribution in [0.15, 0.2) is 28.9 Å². The highest BCUT2D eigenvalue weighted by molar-refractivity contribution is 9.10. The number of hydrogen-bond acceptors (Lipinski definition) is 1. The van der Waals surface area contributed by atoms with Crippen LogP contribution < -0.4 is 4.74 Å². The third kappa shape index (κ3) is 1.10. The van der Waals surface area contributed by atoms with Gasteiger partial charge in [0.25, 0.3) is 0 Å². The number of halogens is 1. The Bertz CT molecular complexity index is 408. The third-order valence-electron chi connectivity index (χ3n) is 1.83. The summed E-state index contributed by atoms with van der Waals surface area (Å²) in [6.45, 7) is 0. The predicted octanol–water partition coefficient (Wildman–Crippen LogP) is 2.94. The van der Waals surface area contributed by atoms with Crippen molar-refractivity contribution in [1.82, 2.24) is 4.98 Å². The molecular formula is C9H8BrNO. The fraction of sp³-hybridized carbons (Fsp3) is 0.111. The summed E-state index contributed by atoms with van der Waals surface area (Å²) in [5.74, 6) is 0.858. The fourth-order valence-electron chi connectivity index (χ4n) is 1.21. The van der Waals surface area contributed by atoms with Crippen molar-refractivity contribution in [2.24, 2.45) is 0 Å². The number of aromatic nitrogens is 1. The zero-order valence-corrected chi connectivity index (χ0v) is 8.18. The van der Waals surface area contributed by atoms with Crippen molar-refractivity contribution in [3.8, 4) is 5.75 Å².